The maximum Gasteiger partial charge on any atom is 0.220 e. The molecule has 4 aromatic rings. The van der Waals surface area contributed by atoms with Gasteiger partial charge in [0.25, 0.3) is 0 Å². The molecule has 3 aromatic carbocycles. The molecule has 1 aromatic heterocycles. The Morgan fingerprint density at radius 2 is 1.79 bits per heavy atom. The Labute approximate surface area is 232 Å². The van der Waals surface area contributed by atoms with E-state index in [2.05, 4.69) is 26.1 Å². The largest absolute Gasteiger partial charge is 0.490 e. The first-order chi connectivity index (χ1) is 18.2. The summed E-state index contributed by atoms with van der Waals surface area (Å²) in [7, 11) is 0. The first kappa shape index (κ1) is 27.6. The summed E-state index contributed by atoms with van der Waals surface area (Å²) in [5.41, 5.74) is 3.49. The number of nitro groups is 1. The summed E-state index contributed by atoms with van der Waals surface area (Å²) in [5.74, 6) is 1.22. The van der Waals surface area contributed by atoms with Crippen molar-refractivity contribution in [2.45, 2.75) is 37.8 Å². The number of nitrogens with zero attached hydrogens (tertiary/aromatic N) is 4. The van der Waals surface area contributed by atoms with E-state index in [1.807, 2.05) is 38.1 Å². The highest BCUT2D eigenvalue weighted by atomic mass is 79.9. The summed E-state index contributed by atoms with van der Waals surface area (Å²) in [6.07, 6.45) is 0. The standard InChI is InChI=1S/C27H26BrFN4O4S/c1-4-36-24-14-20(13-23(28)26(24)37-16-19-7-5-17(2)6-8-19)25(15-32(34)35)38-27-31-30-18(3)33(27)22-11-9-21(29)10-12-22/h5-14,25H,4,15-16H2,1-3H3/t25-/m1/s1. The lowest BCUT2D eigenvalue weighted by molar-refractivity contribution is -0.479. The zero-order valence-electron chi connectivity index (χ0n) is 21.1. The van der Waals surface area contributed by atoms with E-state index in [0.717, 1.165) is 11.1 Å². The second-order valence-electron chi connectivity index (χ2n) is 8.50. The zero-order valence-corrected chi connectivity index (χ0v) is 23.5. The summed E-state index contributed by atoms with van der Waals surface area (Å²) in [6.45, 7) is 6.03. The molecule has 0 fully saturated rings. The quantitative estimate of drug-likeness (QED) is 0.105. The van der Waals surface area contributed by atoms with Crippen LogP contribution >= 0.6 is 27.7 Å². The Balaban J connectivity index is 1.66. The van der Waals surface area contributed by atoms with Crippen molar-refractivity contribution >= 4 is 27.7 Å². The third kappa shape index (κ3) is 6.70. The molecule has 198 valence electrons. The maximum atomic E-state index is 13.5. The molecule has 0 spiro atoms. The monoisotopic (exact) mass is 600 g/mol. The van der Waals surface area contributed by atoms with Crippen molar-refractivity contribution < 1.29 is 18.8 Å². The van der Waals surface area contributed by atoms with Crippen LogP contribution in [0.25, 0.3) is 5.69 Å². The third-order valence-electron chi connectivity index (χ3n) is 5.65. The van der Waals surface area contributed by atoms with Gasteiger partial charge in [0.15, 0.2) is 16.7 Å². The molecule has 8 nitrogen and oxygen atoms in total. The van der Waals surface area contributed by atoms with Crippen LogP contribution in [0.5, 0.6) is 11.5 Å². The second-order valence-corrected chi connectivity index (χ2v) is 10.5. The maximum absolute atomic E-state index is 13.5. The molecule has 0 amide bonds. The Kier molecular flexibility index (Phi) is 9.01. The predicted octanol–water partition coefficient (Wildman–Crippen LogP) is 6.87. The molecule has 0 N–H and O–H groups in total. The molecule has 0 bridgehead atoms. The summed E-state index contributed by atoms with van der Waals surface area (Å²) in [4.78, 5) is 11.3. The summed E-state index contributed by atoms with van der Waals surface area (Å²) in [5, 5.41) is 19.9. The smallest absolute Gasteiger partial charge is 0.220 e. The van der Waals surface area contributed by atoms with Crippen molar-refractivity contribution in [2.75, 3.05) is 13.2 Å². The number of ether oxygens (including phenoxy) is 2. The van der Waals surface area contributed by atoms with E-state index in [1.54, 1.807) is 35.8 Å². The predicted molar refractivity (Wildman–Crippen MR) is 147 cm³/mol. The van der Waals surface area contributed by atoms with Crippen LogP contribution < -0.4 is 9.47 Å². The zero-order chi connectivity index (χ0) is 27.2. The lowest BCUT2D eigenvalue weighted by Gasteiger charge is -2.19. The van der Waals surface area contributed by atoms with E-state index in [0.29, 0.717) is 51.4 Å². The van der Waals surface area contributed by atoms with Crippen LogP contribution in [0.2, 0.25) is 0 Å². The first-order valence-corrected chi connectivity index (χ1v) is 13.5. The molecule has 0 aliphatic rings. The fourth-order valence-corrected chi connectivity index (χ4v) is 5.52. The molecule has 4 rings (SSSR count). The Morgan fingerprint density at radius 1 is 1.08 bits per heavy atom. The number of thioether (sulfide) groups is 1. The molecular formula is C27H26BrFN4O4S. The van der Waals surface area contributed by atoms with Crippen LogP contribution in [0.4, 0.5) is 4.39 Å². The average Bonchev–Trinajstić information content (AvgIpc) is 3.24. The molecule has 0 aliphatic carbocycles. The van der Waals surface area contributed by atoms with E-state index >= 15 is 0 Å². The van der Waals surface area contributed by atoms with E-state index in [9.17, 15) is 14.5 Å². The highest BCUT2D eigenvalue weighted by Crippen LogP contribution is 2.43. The Hall–Kier alpha value is -3.44. The van der Waals surface area contributed by atoms with Crippen LogP contribution in [-0.2, 0) is 6.61 Å². The second kappa shape index (κ2) is 12.4. The van der Waals surface area contributed by atoms with Crippen molar-refractivity contribution in [1.82, 2.24) is 14.8 Å². The number of aryl methyl sites for hydroxylation is 2. The van der Waals surface area contributed by atoms with Gasteiger partial charge in [-0.15, -0.1) is 10.2 Å². The van der Waals surface area contributed by atoms with Crippen LogP contribution in [0.3, 0.4) is 0 Å². The van der Waals surface area contributed by atoms with Gasteiger partial charge in [-0.1, -0.05) is 41.6 Å². The van der Waals surface area contributed by atoms with Crippen molar-refractivity contribution in [3.05, 3.63) is 104 Å². The van der Waals surface area contributed by atoms with Gasteiger partial charge in [0.1, 0.15) is 23.5 Å². The number of hydrogen-bond donors (Lipinski definition) is 0. The molecule has 0 saturated carbocycles. The number of halogens is 2. The Bertz CT molecular complexity index is 1410. The molecule has 0 aliphatic heterocycles. The number of benzene rings is 3. The highest BCUT2D eigenvalue weighted by Gasteiger charge is 2.26. The Morgan fingerprint density at radius 3 is 2.45 bits per heavy atom. The van der Waals surface area contributed by atoms with Crippen LogP contribution in [-0.4, -0.2) is 32.8 Å². The number of aromatic nitrogens is 3. The topological polar surface area (TPSA) is 92.3 Å². The van der Waals surface area contributed by atoms with E-state index in [1.165, 1.54) is 23.9 Å². The van der Waals surface area contributed by atoms with Gasteiger partial charge in [-0.05, 0) is 84.2 Å². The molecule has 11 heteroatoms. The fourth-order valence-electron chi connectivity index (χ4n) is 3.80. The summed E-state index contributed by atoms with van der Waals surface area (Å²) >= 11 is 4.79. The van der Waals surface area contributed by atoms with E-state index in [4.69, 9.17) is 9.47 Å². The molecule has 0 saturated heterocycles. The molecule has 38 heavy (non-hydrogen) atoms. The normalized spacial score (nSPS) is 11.8. The van der Waals surface area contributed by atoms with Gasteiger partial charge in [0.05, 0.1) is 11.1 Å². The number of hydrogen-bond acceptors (Lipinski definition) is 7. The van der Waals surface area contributed by atoms with E-state index in [-0.39, 0.29) is 17.3 Å². The van der Waals surface area contributed by atoms with E-state index < -0.39 is 5.25 Å². The minimum atomic E-state index is -0.616. The average molecular weight is 601 g/mol. The molecule has 1 atom stereocenters. The fraction of sp³-hybridized carbons (Fsp3) is 0.259. The van der Waals surface area contributed by atoms with Gasteiger partial charge in [-0.3, -0.25) is 14.7 Å². The summed E-state index contributed by atoms with van der Waals surface area (Å²) < 4.78 is 27.8. The molecule has 0 radical (unpaired) electrons. The van der Waals surface area contributed by atoms with Gasteiger partial charge in [-0.25, -0.2) is 4.39 Å². The number of rotatable bonds is 11. The van der Waals surface area contributed by atoms with Crippen molar-refractivity contribution in [1.29, 1.82) is 0 Å². The minimum Gasteiger partial charge on any atom is -0.490 e. The lowest BCUT2D eigenvalue weighted by atomic mass is 10.1. The van der Waals surface area contributed by atoms with Gasteiger partial charge in [0.2, 0.25) is 6.54 Å². The molecule has 1 heterocycles. The van der Waals surface area contributed by atoms with Gasteiger partial charge in [0, 0.05) is 10.6 Å². The molecular weight excluding hydrogens is 575 g/mol. The van der Waals surface area contributed by atoms with Crippen molar-refractivity contribution in [3.8, 4) is 17.2 Å². The summed E-state index contributed by atoms with van der Waals surface area (Å²) in [6, 6.07) is 17.5. The van der Waals surface area contributed by atoms with Crippen molar-refractivity contribution in [3.63, 3.8) is 0 Å². The van der Waals surface area contributed by atoms with Crippen molar-refractivity contribution in [2.24, 2.45) is 0 Å². The van der Waals surface area contributed by atoms with Crippen LogP contribution in [0.1, 0.15) is 34.7 Å². The first-order valence-electron chi connectivity index (χ1n) is 11.9. The lowest BCUT2D eigenvalue weighted by Crippen LogP contribution is -2.12. The van der Waals surface area contributed by atoms with Gasteiger partial charge >= 0.3 is 0 Å². The molecule has 0 unspecified atom stereocenters. The van der Waals surface area contributed by atoms with Crippen LogP contribution in [0, 0.1) is 29.8 Å². The minimum absolute atomic E-state index is 0.339. The third-order valence-corrected chi connectivity index (χ3v) is 7.42. The van der Waals surface area contributed by atoms with Crippen LogP contribution in [0.15, 0.2) is 70.3 Å². The SMILES string of the molecule is CCOc1cc([C@@H](C[N+](=O)[O-])Sc2nnc(C)n2-c2ccc(F)cc2)cc(Br)c1OCc1ccc(C)cc1. The highest BCUT2D eigenvalue weighted by molar-refractivity contribution is 9.10. The van der Waals surface area contributed by atoms with Gasteiger partial charge < -0.3 is 9.47 Å². The van der Waals surface area contributed by atoms with Gasteiger partial charge in [-0.2, -0.15) is 0 Å².